The van der Waals surface area contributed by atoms with Crippen LogP contribution < -0.4 is 15.4 Å². The molecule has 0 unspecified atom stereocenters. The van der Waals surface area contributed by atoms with Crippen LogP contribution in [-0.2, 0) is 11.2 Å². The third kappa shape index (κ3) is 4.73. The summed E-state index contributed by atoms with van der Waals surface area (Å²) < 4.78 is 6.60. The lowest BCUT2D eigenvalue weighted by molar-refractivity contribution is -0.116. The number of amides is 1. The van der Waals surface area contributed by atoms with E-state index in [2.05, 4.69) is 52.3 Å². The molecule has 2 aromatic rings. The minimum atomic E-state index is -0.164. The first-order valence-corrected chi connectivity index (χ1v) is 10.5. The Bertz CT molecular complexity index is 821. The van der Waals surface area contributed by atoms with Gasteiger partial charge in [0.2, 0.25) is 0 Å². The number of hydrogen-bond acceptors (Lipinski definition) is 4. The van der Waals surface area contributed by atoms with Crippen molar-refractivity contribution in [3.63, 3.8) is 0 Å². The van der Waals surface area contributed by atoms with Gasteiger partial charge in [0.05, 0.1) is 15.1 Å². The molecule has 1 amide bonds. The van der Waals surface area contributed by atoms with Gasteiger partial charge < -0.3 is 15.4 Å². The van der Waals surface area contributed by atoms with Crippen molar-refractivity contribution in [2.75, 3.05) is 11.9 Å². The highest BCUT2D eigenvalue weighted by Gasteiger charge is 2.27. The highest BCUT2D eigenvalue weighted by molar-refractivity contribution is 14.1. The zero-order chi connectivity index (χ0) is 18.5. The minimum absolute atomic E-state index is 0.0541. The molecule has 3 rings (SSSR count). The zero-order valence-electron chi connectivity index (χ0n) is 14.7. The van der Waals surface area contributed by atoms with E-state index in [1.165, 1.54) is 17.3 Å². The SMILES string of the molecule is CCOc1ccc(/C=C2\S[C@@H](Nc3ccc(CC)cc3)NC2=O)cc1I. The molecule has 1 aliphatic heterocycles. The standard InChI is InChI=1S/C20H21IN2O2S/c1-3-13-5-8-15(9-6-13)22-20-23-19(24)18(26-20)12-14-7-10-17(25-4-2)16(21)11-14/h5-12,20,22H,3-4H2,1-2H3,(H,23,24)/b18-12-/t20-/m0/s1. The molecule has 0 bridgehead atoms. The number of anilines is 1. The van der Waals surface area contributed by atoms with Crippen LogP contribution in [0, 0.1) is 3.57 Å². The summed E-state index contributed by atoms with van der Waals surface area (Å²) in [5, 5.41) is 6.31. The van der Waals surface area contributed by atoms with Crippen LogP contribution in [0.1, 0.15) is 25.0 Å². The molecule has 0 aromatic heterocycles. The van der Waals surface area contributed by atoms with Gasteiger partial charge in [-0.15, -0.1) is 0 Å². The third-order valence-corrected chi connectivity index (χ3v) is 5.82. The topological polar surface area (TPSA) is 50.4 Å². The van der Waals surface area contributed by atoms with E-state index in [0.29, 0.717) is 11.5 Å². The maximum absolute atomic E-state index is 12.3. The largest absolute Gasteiger partial charge is 0.493 e. The van der Waals surface area contributed by atoms with Gasteiger partial charge in [-0.05, 0) is 77.4 Å². The first-order chi connectivity index (χ1) is 12.6. The van der Waals surface area contributed by atoms with Gasteiger partial charge in [0.25, 0.3) is 5.91 Å². The summed E-state index contributed by atoms with van der Waals surface area (Å²) in [6.07, 6.45) is 2.93. The van der Waals surface area contributed by atoms with Crippen molar-refractivity contribution in [3.05, 3.63) is 62.1 Å². The van der Waals surface area contributed by atoms with E-state index >= 15 is 0 Å². The second-order valence-electron chi connectivity index (χ2n) is 5.80. The first-order valence-electron chi connectivity index (χ1n) is 8.56. The molecule has 6 heteroatoms. The fraction of sp³-hybridized carbons (Fsp3) is 0.250. The molecule has 1 fully saturated rings. The van der Waals surface area contributed by atoms with E-state index in [4.69, 9.17) is 4.74 Å². The monoisotopic (exact) mass is 480 g/mol. The summed E-state index contributed by atoms with van der Waals surface area (Å²) in [4.78, 5) is 13.0. The zero-order valence-corrected chi connectivity index (χ0v) is 17.7. The fourth-order valence-electron chi connectivity index (χ4n) is 2.58. The number of halogens is 1. The van der Waals surface area contributed by atoms with Gasteiger partial charge in [-0.1, -0.05) is 36.9 Å². The molecular weight excluding hydrogens is 459 g/mol. The van der Waals surface area contributed by atoms with Crippen LogP contribution in [0.3, 0.4) is 0 Å². The van der Waals surface area contributed by atoms with Crippen LogP contribution in [0.4, 0.5) is 5.69 Å². The van der Waals surface area contributed by atoms with E-state index in [0.717, 1.165) is 27.0 Å². The van der Waals surface area contributed by atoms with Crippen LogP contribution in [0.15, 0.2) is 47.4 Å². The molecule has 4 nitrogen and oxygen atoms in total. The Kier molecular flexibility index (Phi) is 6.48. The van der Waals surface area contributed by atoms with Gasteiger partial charge in [-0.3, -0.25) is 4.79 Å². The first kappa shape index (κ1) is 19.1. The Labute approximate surface area is 171 Å². The molecule has 2 aromatic carbocycles. The second-order valence-corrected chi connectivity index (χ2v) is 8.11. The van der Waals surface area contributed by atoms with Crippen molar-refractivity contribution >= 4 is 52.0 Å². The predicted octanol–water partition coefficient (Wildman–Crippen LogP) is 4.85. The van der Waals surface area contributed by atoms with Crippen molar-refractivity contribution < 1.29 is 9.53 Å². The number of aryl methyl sites for hydroxylation is 1. The lowest BCUT2D eigenvalue weighted by Gasteiger charge is -2.12. The maximum atomic E-state index is 12.3. The quantitative estimate of drug-likeness (QED) is 0.459. The summed E-state index contributed by atoms with van der Waals surface area (Å²) in [5.74, 6) is 0.815. The molecule has 0 aliphatic carbocycles. The average Bonchev–Trinajstić information content (AvgIpc) is 2.97. The Morgan fingerprint density at radius 3 is 2.65 bits per heavy atom. The van der Waals surface area contributed by atoms with Crippen LogP contribution in [0.5, 0.6) is 5.75 Å². The molecule has 1 atom stereocenters. The van der Waals surface area contributed by atoms with Gasteiger partial charge in [-0.25, -0.2) is 0 Å². The highest BCUT2D eigenvalue weighted by Crippen LogP contribution is 2.31. The smallest absolute Gasteiger partial charge is 0.260 e. The number of thioether (sulfide) groups is 1. The number of nitrogens with one attached hydrogen (secondary N) is 2. The fourth-order valence-corrected chi connectivity index (χ4v) is 4.26. The van der Waals surface area contributed by atoms with E-state index in [1.807, 2.05) is 43.3 Å². The molecule has 136 valence electrons. The summed E-state index contributed by atoms with van der Waals surface area (Å²) in [6, 6.07) is 14.2. The summed E-state index contributed by atoms with van der Waals surface area (Å²) in [5.41, 5.74) is 3.12. The molecular formula is C20H21IN2O2S. The molecule has 1 heterocycles. The molecule has 0 spiro atoms. The molecule has 26 heavy (non-hydrogen) atoms. The summed E-state index contributed by atoms with van der Waals surface area (Å²) in [6.45, 7) is 4.74. The summed E-state index contributed by atoms with van der Waals surface area (Å²) in [7, 11) is 0. The lowest BCUT2D eigenvalue weighted by atomic mass is 10.1. The van der Waals surface area contributed by atoms with E-state index < -0.39 is 0 Å². The molecule has 0 saturated carbocycles. The van der Waals surface area contributed by atoms with Gasteiger partial charge in [0.1, 0.15) is 5.75 Å². The third-order valence-electron chi connectivity index (χ3n) is 3.94. The van der Waals surface area contributed by atoms with Crippen molar-refractivity contribution in [1.82, 2.24) is 5.32 Å². The number of ether oxygens (including phenoxy) is 1. The van der Waals surface area contributed by atoms with Crippen LogP contribution in [-0.4, -0.2) is 18.0 Å². The highest BCUT2D eigenvalue weighted by atomic mass is 127. The van der Waals surface area contributed by atoms with E-state index in [9.17, 15) is 4.79 Å². The van der Waals surface area contributed by atoms with Crippen molar-refractivity contribution in [3.8, 4) is 5.75 Å². The van der Waals surface area contributed by atoms with Crippen LogP contribution >= 0.6 is 34.4 Å². The summed E-state index contributed by atoms with van der Waals surface area (Å²) >= 11 is 3.75. The minimum Gasteiger partial charge on any atom is -0.493 e. The number of rotatable bonds is 6. The van der Waals surface area contributed by atoms with Crippen LogP contribution in [0.2, 0.25) is 0 Å². The average molecular weight is 480 g/mol. The van der Waals surface area contributed by atoms with Gasteiger partial charge in [-0.2, -0.15) is 0 Å². The van der Waals surface area contributed by atoms with Gasteiger partial charge in [0, 0.05) is 5.69 Å². The molecule has 2 N–H and O–H groups in total. The van der Waals surface area contributed by atoms with Crippen LogP contribution in [0.25, 0.3) is 6.08 Å². The Balaban J connectivity index is 1.68. The predicted molar refractivity (Wildman–Crippen MR) is 117 cm³/mol. The van der Waals surface area contributed by atoms with Gasteiger partial charge in [0.15, 0.2) is 5.50 Å². The Hall–Kier alpha value is -1.67. The number of benzene rings is 2. The lowest BCUT2D eigenvalue weighted by Crippen LogP contribution is -2.30. The molecule has 0 radical (unpaired) electrons. The normalized spacial score (nSPS) is 18.0. The van der Waals surface area contributed by atoms with Crippen molar-refractivity contribution in [2.45, 2.75) is 25.8 Å². The molecule has 1 aliphatic rings. The Morgan fingerprint density at radius 1 is 1.23 bits per heavy atom. The maximum Gasteiger partial charge on any atom is 0.260 e. The van der Waals surface area contributed by atoms with E-state index in [-0.39, 0.29) is 11.4 Å². The molecule has 1 saturated heterocycles. The van der Waals surface area contributed by atoms with E-state index in [1.54, 1.807) is 0 Å². The van der Waals surface area contributed by atoms with Crippen molar-refractivity contribution in [1.29, 1.82) is 0 Å². The van der Waals surface area contributed by atoms with Crippen molar-refractivity contribution in [2.24, 2.45) is 0 Å². The Morgan fingerprint density at radius 2 is 2.00 bits per heavy atom. The second kappa shape index (κ2) is 8.81. The number of carbonyl (C=O) groups is 1. The number of carbonyl (C=O) groups excluding carboxylic acids is 1. The number of hydrogen-bond donors (Lipinski definition) is 2. The van der Waals surface area contributed by atoms with Gasteiger partial charge >= 0.3 is 0 Å².